The molecule has 5 nitrogen and oxygen atoms in total. The van der Waals surface area contributed by atoms with E-state index in [-0.39, 0.29) is 12.5 Å². The van der Waals surface area contributed by atoms with Crippen molar-refractivity contribution in [3.05, 3.63) is 83.7 Å². The van der Waals surface area contributed by atoms with E-state index in [4.69, 9.17) is 4.74 Å². The van der Waals surface area contributed by atoms with Gasteiger partial charge in [0, 0.05) is 25.0 Å². The van der Waals surface area contributed by atoms with E-state index in [2.05, 4.69) is 10.3 Å². The molecule has 0 aliphatic carbocycles. The molecule has 0 spiro atoms. The predicted molar refractivity (Wildman–Crippen MR) is 96.3 cm³/mol. The minimum atomic E-state index is -0.704. The highest BCUT2D eigenvalue weighted by Crippen LogP contribution is 2.23. The highest BCUT2D eigenvalue weighted by molar-refractivity contribution is 5.78. The molecule has 1 aromatic heterocycles. The minimum Gasteiger partial charge on any atom is -0.484 e. The normalized spacial score (nSPS) is 11.8. The van der Waals surface area contributed by atoms with Crippen LogP contribution in [0.15, 0.2) is 60.9 Å². The van der Waals surface area contributed by atoms with E-state index < -0.39 is 11.9 Å². The number of para-hydroxylation sites is 1. The second-order valence-electron chi connectivity index (χ2n) is 5.97. The van der Waals surface area contributed by atoms with Gasteiger partial charge in [0.15, 0.2) is 6.61 Å². The van der Waals surface area contributed by atoms with Gasteiger partial charge in [0.25, 0.3) is 5.91 Å². The van der Waals surface area contributed by atoms with Crippen LogP contribution in [0.25, 0.3) is 0 Å². The lowest BCUT2D eigenvalue weighted by atomic mass is 10.1. The minimum absolute atomic E-state index is 0.166. The largest absolute Gasteiger partial charge is 0.484 e. The zero-order chi connectivity index (χ0) is 18.5. The highest BCUT2D eigenvalue weighted by atomic mass is 19.1. The summed E-state index contributed by atoms with van der Waals surface area (Å²) in [7, 11) is 1.80. The Hall–Kier alpha value is -3.15. The number of ether oxygens (including phenoxy) is 1. The van der Waals surface area contributed by atoms with E-state index in [0.29, 0.717) is 17.1 Å². The van der Waals surface area contributed by atoms with Crippen molar-refractivity contribution >= 4 is 5.91 Å². The van der Waals surface area contributed by atoms with Crippen molar-refractivity contribution in [2.75, 3.05) is 6.61 Å². The first-order valence-corrected chi connectivity index (χ1v) is 8.25. The number of aryl methyl sites for hydroxylation is 2. The number of amides is 1. The smallest absolute Gasteiger partial charge is 0.258 e. The molecule has 3 aromatic rings. The van der Waals surface area contributed by atoms with Gasteiger partial charge in [-0.2, -0.15) is 0 Å². The zero-order valence-electron chi connectivity index (χ0n) is 14.6. The summed E-state index contributed by atoms with van der Waals surface area (Å²) in [5.41, 5.74) is 1.29. The molecule has 0 unspecified atom stereocenters. The summed E-state index contributed by atoms with van der Waals surface area (Å²) in [6.07, 6.45) is 3.36. The standard InChI is InChI=1S/C20H20FN3O2/c1-14-7-3-6-10-17(14)26-13-18(25)23-19(20-22-11-12-24(20)2)15-8-4-5-9-16(15)21/h3-12,19H,13H2,1-2H3,(H,23,25)/t19-/m1/s1. The number of aromatic nitrogens is 2. The molecular formula is C20H20FN3O2. The van der Waals surface area contributed by atoms with Crippen molar-refractivity contribution in [1.29, 1.82) is 0 Å². The number of carbonyl (C=O) groups excluding carboxylic acids is 1. The molecule has 1 N–H and O–H groups in total. The van der Waals surface area contributed by atoms with Crippen LogP contribution in [-0.2, 0) is 11.8 Å². The van der Waals surface area contributed by atoms with Crippen LogP contribution < -0.4 is 10.1 Å². The quantitative estimate of drug-likeness (QED) is 0.741. The van der Waals surface area contributed by atoms with Gasteiger partial charge >= 0.3 is 0 Å². The maximum Gasteiger partial charge on any atom is 0.258 e. The van der Waals surface area contributed by atoms with E-state index in [1.54, 1.807) is 48.3 Å². The molecule has 1 amide bonds. The average Bonchev–Trinajstić information content (AvgIpc) is 3.05. The molecule has 0 saturated carbocycles. The number of nitrogens with zero attached hydrogens (tertiary/aromatic N) is 2. The summed E-state index contributed by atoms with van der Waals surface area (Å²) in [6, 6.07) is 13.1. The third-order valence-corrected chi connectivity index (χ3v) is 4.09. The Balaban J connectivity index is 1.78. The number of rotatable bonds is 6. The Morgan fingerprint density at radius 3 is 2.65 bits per heavy atom. The van der Waals surface area contributed by atoms with E-state index in [9.17, 15) is 9.18 Å². The van der Waals surface area contributed by atoms with Gasteiger partial charge in [-0.25, -0.2) is 9.37 Å². The molecule has 0 radical (unpaired) electrons. The Bertz CT molecular complexity index is 907. The van der Waals surface area contributed by atoms with Crippen LogP contribution in [-0.4, -0.2) is 22.1 Å². The molecule has 6 heteroatoms. The Morgan fingerprint density at radius 1 is 1.23 bits per heavy atom. The van der Waals surface area contributed by atoms with Crippen LogP contribution in [0.5, 0.6) is 5.75 Å². The fourth-order valence-electron chi connectivity index (χ4n) is 2.71. The van der Waals surface area contributed by atoms with Crippen molar-refractivity contribution in [3.8, 4) is 5.75 Å². The van der Waals surface area contributed by atoms with Crippen LogP contribution in [0.1, 0.15) is 23.0 Å². The lowest BCUT2D eigenvalue weighted by Crippen LogP contribution is -2.35. The topological polar surface area (TPSA) is 56.1 Å². The highest BCUT2D eigenvalue weighted by Gasteiger charge is 2.23. The second kappa shape index (κ2) is 7.82. The second-order valence-corrected chi connectivity index (χ2v) is 5.97. The van der Waals surface area contributed by atoms with Gasteiger partial charge in [0.1, 0.15) is 23.4 Å². The van der Waals surface area contributed by atoms with Crippen LogP contribution in [0, 0.1) is 12.7 Å². The van der Waals surface area contributed by atoms with E-state index in [0.717, 1.165) is 5.56 Å². The van der Waals surface area contributed by atoms with Crippen LogP contribution >= 0.6 is 0 Å². The lowest BCUT2D eigenvalue weighted by molar-refractivity contribution is -0.123. The van der Waals surface area contributed by atoms with Gasteiger partial charge in [-0.1, -0.05) is 36.4 Å². The summed E-state index contributed by atoms with van der Waals surface area (Å²) >= 11 is 0. The van der Waals surface area contributed by atoms with Crippen LogP contribution in [0.3, 0.4) is 0 Å². The van der Waals surface area contributed by atoms with Crippen molar-refractivity contribution in [3.63, 3.8) is 0 Å². The third kappa shape index (κ3) is 3.91. The van der Waals surface area contributed by atoms with Gasteiger partial charge < -0.3 is 14.6 Å². The van der Waals surface area contributed by atoms with E-state index >= 15 is 0 Å². The van der Waals surface area contributed by atoms with Crippen LogP contribution in [0.4, 0.5) is 4.39 Å². The third-order valence-electron chi connectivity index (χ3n) is 4.09. The Kier molecular flexibility index (Phi) is 5.31. The molecule has 3 rings (SSSR count). The molecule has 0 aliphatic heterocycles. The van der Waals surface area contributed by atoms with Crippen molar-refractivity contribution < 1.29 is 13.9 Å². The molecular weight excluding hydrogens is 333 g/mol. The van der Waals surface area contributed by atoms with Crippen molar-refractivity contribution in [2.45, 2.75) is 13.0 Å². The number of benzene rings is 2. The van der Waals surface area contributed by atoms with Gasteiger partial charge in [0.2, 0.25) is 0 Å². The maximum absolute atomic E-state index is 14.3. The number of halogens is 1. The molecule has 2 aromatic carbocycles. The van der Waals surface area contributed by atoms with Gasteiger partial charge in [0.05, 0.1) is 0 Å². The predicted octanol–water partition coefficient (Wildman–Crippen LogP) is 3.15. The number of carbonyl (C=O) groups is 1. The number of hydrogen-bond acceptors (Lipinski definition) is 3. The fourth-order valence-corrected chi connectivity index (χ4v) is 2.71. The molecule has 0 aliphatic rings. The molecule has 0 bridgehead atoms. The number of imidazole rings is 1. The number of nitrogens with one attached hydrogen (secondary N) is 1. The van der Waals surface area contributed by atoms with Gasteiger partial charge in [-0.3, -0.25) is 4.79 Å². The Morgan fingerprint density at radius 2 is 1.96 bits per heavy atom. The molecule has 0 saturated heterocycles. The van der Waals surface area contributed by atoms with Crippen LogP contribution in [0.2, 0.25) is 0 Å². The first kappa shape index (κ1) is 17.7. The summed E-state index contributed by atoms with van der Waals surface area (Å²) in [5, 5.41) is 2.82. The van der Waals surface area contributed by atoms with Crippen molar-refractivity contribution in [2.24, 2.45) is 7.05 Å². The van der Waals surface area contributed by atoms with Gasteiger partial charge in [-0.05, 0) is 24.6 Å². The lowest BCUT2D eigenvalue weighted by Gasteiger charge is -2.20. The van der Waals surface area contributed by atoms with E-state index in [1.165, 1.54) is 6.07 Å². The summed E-state index contributed by atoms with van der Waals surface area (Å²) in [5.74, 6) is 0.423. The SMILES string of the molecule is Cc1ccccc1OCC(=O)N[C@H](c1ccccc1F)c1nccn1C. The van der Waals surface area contributed by atoms with E-state index in [1.807, 2.05) is 25.1 Å². The first-order chi connectivity index (χ1) is 12.6. The summed E-state index contributed by atoms with van der Waals surface area (Å²) < 4.78 is 21.6. The summed E-state index contributed by atoms with van der Waals surface area (Å²) in [4.78, 5) is 16.7. The number of hydrogen-bond donors (Lipinski definition) is 1. The monoisotopic (exact) mass is 353 g/mol. The average molecular weight is 353 g/mol. The maximum atomic E-state index is 14.3. The molecule has 1 heterocycles. The zero-order valence-corrected chi connectivity index (χ0v) is 14.6. The first-order valence-electron chi connectivity index (χ1n) is 8.25. The summed E-state index contributed by atoms with van der Waals surface area (Å²) in [6.45, 7) is 1.74. The fraction of sp³-hybridized carbons (Fsp3) is 0.200. The Labute approximate surface area is 151 Å². The molecule has 134 valence electrons. The molecule has 0 fully saturated rings. The van der Waals surface area contributed by atoms with Gasteiger partial charge in [-0.15, -0.1) is 0 Å². The van der Waals surface area contributed by atoms with Crippen molar-refractivity contribution in [1.82, 2.24) is 14.9 Å². The molecule has 1 atom stereocenters. The molecule has 26 heavy (non-hydrogen) atoms.